The summed E-state index contributed by atoms with van der Waals surface area (Å²) in [5.41, 5.74) is 0. The third-order valence-electron chi connectivity index (χ3n) is 2.36. The first-order chi connectivity index (χ1) is 8.49. The fourth-order valence-electron chi connectivity index (χ4n) is 1.10. The molecule has 6 heteroatoms. The molecule has 0 saturated carbocycles. The molecule has 0 saturated heterocycles. The van der Waals surface area contributed by atoms with Crippen LogP contribution in [0.15, 0.2) is 0 Å². The Labute approximate surface area is 120 Å². The van der Waals surface area contributed by atoms with Gasteiger partial charge in [0, 0.05) is 10.5 Å². The van der Waals surface area contributed by atoms with E-state index < -0.39 is 0 Å². The van der Waals surface area contributed by atoms with Gasteiger partial charge in [0.1, 0.15) is 13.2 Å². The Morgan fingerprint density at radius 3 is 1.50 bits per heavy atom. The summed E-state index contributed by atoms with van der Waals surface area (Å²) in [5.74, 6) is -0.623. The summed E-state index contributed by atoms with van der Waals surface area (Å²) in [6.45, 7) is 4.10. The van der Waals surface area contributed by atoms with Crippen molar-refractivity contribution in [3.8, 4) is 0 Å². The molecule has 0 aliphatic rings. The molecule has 0 radical (unpaired) electrons. The molecular weight excluding hydrogens is 272 g/mol. The van der Waals surface area contributed by atoms with E-state index >= 15 is 0 Å². The third-order valence-corrected chi connectivity index (χ3v) is 3.45. The van der Waals surface area contributed by atoms with Crippen molar-refractivity contribution in [3.63, 3.8) is 0 Å². The van der Waals surface area contributed by atoms with Gasteiger partial charge in [-0.25, -0.2) is 0 Å². The predicted molar refractivity (Wildman–Crippen MR) is 77.3 cm³/mol. The van der Waals surface area contributed by atoms with Gasteiger partial charge in [-0.1, -0.05) is 13.8 Å². The number of esters is 2. The quantitative estimate of drug-likeness (QED) is 0.389. The molecule has 0 N–H and O–H groups in total. The van der Waals surface area contributed by atoms with E-state index in [-0.39, 0.29) is 48.5 Å². The first-order valence-electron chi connectivity index (χ1n) is 6.16. The number of carbonyl (C=O) groups is 2. The Morgan fingerprint density at radius 1 is 0.889 bits per heavy atom. The van der Waals surface area contributed by atoms with Crippen LogP contribution in [0.5, 0.6) is 0 Å². The van der Waals surface area contributed by atoms with E-state index in [4.69, 9.17) is 9.47 Å². The summed E-state index contributed by atoms with van der Waals surface area (Å²) in [5, 5.41) is 0.0455. The summed E-state index contributed by atoms with van der Waals surface area (Å²) in [6.07, 6.45) is 2.19. The average Bonchev–Trinajstić information content (AvgIpc) is 2.34. The Hall–Kier alpha value is -0.360. The van der Waals surface area contributed by atoms with Crippen LogP contribution < -0.4 is 0 Å². The molecule has 0 amide bonds. The molecule has 0 heterocycles. The Kier molecular flexibility index (Phi) is 10.3. The molecule has 0 unspecified atom stereocenters. The van der Waals surface area contributed by atoms with Gasteiger partial charge in [-0.05, 0) is 12.8 Å². The highest BCUT2D eigenvalue weighted by atomic mass is 32.1. The standard InChI is InChI=1S/C12H22O4S2/c1-3-9(17)7-11(13)15-5-6-16-12(14)8-10(18)4-2/h9-10,17-18H,3-8H2,1-2H3/t9-,10-/m1/s1. The molecule has 106 valence electrons. The predicted octanol–water partition coefficient (Wildman–Crippen LogP) is 2.27. The highest BCUT2D eigenvalue weighted by Gasteiger charge is 2.11. The largest absolute Gasteiger partial charge is 0.462 e. The molecule has 18 heavy (non-hydrogen) atoms. The minimum Gasteiger partial charge on any atom is -0.462 e. The van der Waals surface area contributed by atoms with Gasteiger partial charge < -0.3 is 9.47 Å². The highest BCUT2D eigenvalue weighted by Crippen LogP contribution is 2.07. The highest BCUT2D eigenvalue weighted by molar-refractivity contribution is 7.81. The van der Waals surface area contributed by atoms with Crippen molar-refractivity contribution in [1.82, 2.24) is 0 Å². The van der Waals surface area contributed by atoms with Crippen LogP contribution in [-0.4, -0.2) is 35.7 Å². The van der Waals surface area contributed by atoms with Crippen LogP contribution in [0, 0.1) is 0 Å². The number of hydrogen-bond donors (Lipinski definition) is 2. The second-order valence-corrected chi connectivity index (χ2v) is 5.43. The molecule has 0 aliphatic heterocycles. The maximum Gasteiger partial charge on any atom is 0.307 e. The van der Waals surface area contributed by atoms with Gasteiger partial charge in [0.15, 0.2) is 0 Å². The van der Waals surface area contributed by atoms with Gasteiger partial charge in [0.2, 0.25) is 0 Å². The minimum absolute atomic E-state index is 0.0227. The van der Waals surface area contributed by atoms with Crippen LogP contribution in [-0.2, 0) is 19.1 Å². The van der Waals surface area contributed by atoms with Crippen molar-refractivity contribution in [2.75, 3.05) is 13.2 Å². The van der Waals surface area contributed by atoms with E-state index in [1.54, 1.807) is 0 Å². The van der Waals surface area contributed by atoms with Gasteiger partial charge in [0.25, 0.3) is 0 Å². The molecule has 0 spiro atoms. The van der Waals surface area contributed by atoms with E-state index in [0.29, 0.717) is 0 Å². The molecule has 0 aromatic heterocycles. The number of hydrogen-bond acceptors (Lipinski definition) is 6. The number of thiol groups is 2. The van der Waals surface area contributed by atoms with Crippen molar-refractivity contribution in [2.24, 2.45) is 0 Å². The lowest BCUT2D eigenvalue weighted by Gasteiger charge is -2.10. The van der Waals surface area contributed by atoms with Gasteiger partial charge in [0.05, 0.1) is 12.8 Å². The van der Waals surface area contributed by atoms with E-state index in [2.05, 4.69) is 25.3 Å². The lowest BCUT2D eigenvalue weighted by molar-refractivity contribution is -0.152. The topological polar surface area (TPSA) is 52.6 Å². The fourth-order valence-corrected chi connectivity index (χ4v) is 1.40. The summed E-state index contributed by atoms with van der Waals surface area (Å²) >= 11 is 8.40. The minimum atomic E-state index is -0.312. The monoisotopic (exact) mass is 294 g/mol. The zero-order chi connectivity index (χ0) is 14.0. The van der Waals surface area contributed by atoms with E-state index in [0.717, 1.165) is 12.8 Å². The smallest absolute Gasteiger partial charge is 0.307 e. The van der Waals surface area contributed by atoms with Crippen LogP contribution in [0.1, 0.15) is 39.5 Å². The van der Waals surface area contributed by atoms with Crippen LogP contribution in [0.3, 0.4) is 0 Å². The zero-order valence-electron chi connectivity index (χ0n) is 10.9. The Balaban J connectivity index is 3.55. The summed E-state index contributed by atoms with van der Waals surface area (Å²) in [7, 11) is 0. The second kappa shape index (κ2) is 10.6. The Morgan fingerprint density at radius 2 is 1.22 bits per heavy atom. The molecule has 0 aliphatic carbocycles. The summed E-state index contributed by atoms with van der Waals surface area (Å²) < 4.78 is 9.82. The molecular formula is C12H22O4S2. The van der Waals surface area contributed by atoms with Gasteiger partial charge in [-0.3, -0.25) is 9.59 Å². The SMILES string of the molecule is CC[C@@H](S)CC(=O)OCCOC(=O)C[C@H](S)CC. The molecule has 2 atom stereocenters. The average molecular weight is 294 g/mol. The van der Waals surface area contributed by atoms with Crippen LogP contribution in [0.4, 0.5) is 0 Å². The third kappa shape index (κ3) is 9.65. The summed E-state index contributed by atoms with van der Waals surface area (Å²) in [6, 6.07) is 0. The van der Waals surface area contributed by atoms with Crippen molar-refractivity contribution < 1.29 is 19.1 Å². The lowest BCUT2D eigenvalue weighted by Crippen LogP contribution is -2.17. The van der Waals surface area contributed by atoms with Crippen molar-refractivity contribution >= 4 is 37.2 Å². The van der Waals surface area contributed by atoms with E-state index in [1.807, 2.05) is 13.8 Å². The van der Waals surface area contributed by atoms with Gasteiger partial charge in [-0.2, -0.15) is 25.3 Å². The van der Waals surface area contributed by atoms with Gasteiger partial charge in [-0.15, -0.1) is 0 Å². The van der Waals surface area contributed by atoms with E-state index in [9.17, 15) is 9.59 Å². The molecule has 0 aromatic rings. The lowest BCUT2D eigenvalue weighted by atomic mass is 10.2. The first-order valence-corrected chi connectivity index (χ1v) is 7.20. The Bertz CT molecular complexity index is 232. The van der Waals surface area contributed by atoms with Crippen LogP contribution >= 0.6 is 25.3 Å². The molecule has 0 rings (SSSR count). The molecule has 0 fully saturated rings. The summed E-state index contributed by atoms with van der Waals surface area (Å²) in [4.78, 5) is 22.5. The number of ether oxygens (including phenoxy) is 2. The fraction of sp³-hybridized carbons (Fsp3) is 0.833. The van der Waals surface area contributed by atoms with E-state index in [1.165, 1.54) is 0 Å². The maximum atomic E-state index is 11.3. The van der Waals surface area contributed by atoms with Crippen LogP contribution in [0.2, 0.25) is 0 Å². The second-order valence-electron chi connectivity index (χ2n) is 3.97. The number of rotatable bonds is 9. The normalized spacial score (nSPS) is 13.8. The molecule has 4 nitrogen and oxygen atoms in total. The zero-order valence-corrected chi connectivity index (χ0v) is 12.7. The van der Waals surface area contributed by atoms with Gasteiger partial charge >= 0.3 is 11.9 Å². The molecule has 0 aromatic carbocycles. The molecule has 0 bridgehead atoms. The van der Waals surface area contributed by atoms with Crippen molar-refractivity contribution in [1.29, 1.82) is 0 Å². The maximum absolute atomic E-state index is 11.3. The van der Waals surface area contributed by atoms with Crippen molar-refractivity contribution in [2.45, 2.75) is 50.0 Å². The number of carbonyl (C=O) groups excluding carboxylic acids is 2. The van der Waals surface area contributed by atoms with Crippen molar-refractivity contribution in [3.05, 3.63) is 0 Å². The van der Waals surface area contributed by atoms with Crippen LogP contribution in [0.25, 0.3) is 0 Å². The first kappa shape index (κ1) is 17.6.